The number of hydrogen-bond acceptors (Lipinski definition) is 3. The number of benzene rings is 1. The zero-order valence-electron chi connectivity index (χ0n) is 11.5. The van der Waals surface area contributed by atoms with Crippen molar-refractivity contribution in [2.45, 2.75) is 25.8 Å². The summed E-state index contributed by atoms with van der Waals surface area (Å²) in [6, 6.07) is 6.70. The molecular formula is C15H17N3O2. The summed E-state index contributed by atoms with van der Waals surface area (Å²) in [6.07, 6.45) is 3.57. The van der Waals surface area contributed by atoms with E-state index in [1.54, 1.807) is 19.1 Å². The molecule has 2 heterocycles. The summed E-state index contributed by atoms with van der Waals surface area (Å²) in [5, 5.41) is 0.552. The molecule has 1 saturated heterocycles. The molecule has 5 nitrogen and oxygen atoms in total. The first-order chi connectivity index (χ1) is 9.68. The summed E-state index contributed by atoms with van der Waals surface area (Å²) < 4.78 is 1.43. The van der Waals surface area contributed by atoms with E-state index in [4.69, 9.17) is 0 Å². The number of carbonyl (C=O) groups is 1. The first-order valence-electron chi connectivity index (χ1n) is 6.93. The van der Waals surface area contributed by atoms with E-state index in [0.717, 1.165) is 25.9 Å². The molecule has 1 aliphatic heterocycles. The van der Waals surface area contributed by atoms with E-state index < -0.39 is 6.04 Å². The largest absolute Gasteiger partial charge is 0.341 e. The monoisotopic (exact) mass is 271 g/mol. The van der Waals surface area contributed by atoms with Gasteiger partial charge in [-0.1, -0.05) is 12.1 Å². The Morgan fingerprint density at radius 1 is 1.25 bits per heavy atom. The molecule has 1 aromatic heterocycles. The maximum absolute atomic E-state index is 12.4. The zero-order valence-corrected chi connectivity index (χ0v) is 11.5. The van der Waals surface area contributed by atoms with Gasteiger partial charge in [-0.15, -0.1) is 0 Å². The van der Waals surface area contributed by atoms with E-state index in [2.05, 4.69) is 4.98 Å². The number of likely N-dealkylation sites (tertiary alicyclic amines) is 1. The maximum atomic E-state index is 12.4. The Morgan fingerprint density at radius 3 is 2.70 bits per heavy atom. The van der Waals surface area contributed by atoms with Gasteiger partial charge in [-0.25, -0.2) is 4.98 Å². The Balaban J connectivity index is 1.99. The lowest BCUT2D eigenvalue weighted by molar-refractivity contribution is -0.133. The van der Waals surface area contributed by atoms with Crippen molar-refractivity contribution in [2.75, 3.05) is 13.1 Å². The lowest BCUT2D eigenvalue weighted by Gasteiger charge is -2.21. The molecule has 104 valence electrons. The number of rotatable bonds is 2. The van der Waals surface area contributed by atoms with Crippen LogP contribution >= 0.6 is 0 Å². The fourth-order valence-corrected chi connectivity index (χ4v) is 2.68. The van der Waals surface area contributed by atoms with Crippen LogP contribution in [-0.2, 0) is 4.79 Å². The van der Waals surface area contributed by atoms with E-state index in [1.165, 1.54) is 10.9 Å². The van der Waals surface area contributed by atoms with Crippen LogP contribution in [0.15, 0.2) is 35.4 Å². The summed E-state index contributed by atoms with van der Waals surface area (Å²) in [4.78, 5) is 30.9. The van der Waals surface area contributed by atoms with E-state index in [1.807, 2.05) is 17.0 Å². The van der Waals surface area contributed by atoms with Crippen molar-refractivity contribution in [3.63, 3.8) is 0 Å². The standard InChI is InChI=1S/C15H17N3O2/c1-11(14(19)17-8-4-5-9-17)18-10-16-13-7-3-2-6-12(13)15(18)20/h2-3,6-7,10-11H,4-5,8-9H2,1H3/t11-/m0/s1. The summed E-state index contributed by atoms with van der Waals surface area (Å²) >= 11 is 0. The minimum Gasteiger partial charge on any atom is -0.341 e. The Labute approximate surface area is 116 Å². The fourth-order valence-electron chi connectivity index (χ4n) is 2.68. The van der Waals surface area contributed by atoms with Gasteiger partial charge >= 0.3 is 0 Å². The third kappa shape index (κ3) is 2.09. The molecule has 0 unspecified atom stereocenters. The van der Waals surface area contributed by atoms with Crippen molar-refractivity contribution in [3.05, 3.63) is 40.9 Å². The molecule has 2 aromatic rings. The maximum Gasteiger partial charge on any atom is 0.261 e. The van der Waals surface area contributed by atoms with Crippen molar-refractivity contribution in [2.24, 2.45) is 0 Å². The van der Waals surface area contributed by atoms with Crippen LogP contribution in [0.1, 0.15) is 25.8 Å². The molecule has 1 atom stereocenters. The van der Waals surface area contributed by atoms with Crippen molar-refractivity contribution in [1.82, 2.24) is 14.5 Å². The van der Waals surface area contributed by atoms with Gasteiger partial charge < -0.3 is 4.90 Å². The molecular weight excluding hydrogens is 254 g/mol. The minimum atomic E-state index is -0.502. The van der Waals surface area contributed by atoms with Crippen molar-refractivity contribution < 1.29 is 4.79 Å². The molecule has 1 amide bonds. The molecule has 0 aliphatic carbocycles. The van der Waals surface area contributed by atoms with Gasteiger partial charge in [-0.2, -0.15) is 0 Å². The first-order valence-corrected chi connectivity index (χ1v) is 6.93. The summed E-state index contributed by atoms with van der Waals surface area (Å²) in [5.41, 5.74) is 0.505. The molecule has 0 saturated carbocycles. The Bertz CT molecular complexity index is 702. The van der Waals surface area contributed by atoms with Crippen molar-refractivity contribution in [3.8, 4) is 0 Å². The zero-order chi connectivity index (χ0) is 14.1. The highest BCUT2D eigenvalue weighted by atomic mass is 16.2. The number of amides is 1. The number of nitrogens with zero attached hydrogens (tertiary/aromatic N) is 3. The van der Waals surface area contributed by atoms with Gasteiger partial charge in [0.05, 0.1) is 17.2 Å². The molecule has 0 bridgehead atoms. The van der Waals surface area contributed by atoms with Gasteiger partial charge in [0.1, 0.15) is 6.04 Å². The Hall–Kier alpha value is -2.17. The van der Waals surface area contributed by atoms with Gasteiger partial charge in [0, 0.05) is 13.1 Å². The predicted octanol–water partition coefficient (Wildman–Crippen LogP) is 1.58. The Kier molecular flexibility index (Phi) is 3.26. The van der Waals surface area contributed by atoms with Crippen LogP contribution in [0.25, 0.3) is 10.9 Å². The topological polar surface area (TPSA) is 55.2 Å². The fraction of sp³-hybridized carbons (Fsp3) is 0.400. The number of para-hydroxylation sites is 1. The van der Waals surface area contributed by atoms with Crippen molar-refractivity contribution >= 4 is 16.8 Å². The number of carbonyl (C=O) groups excluding carboxylic acids is 1. The van der Waals surface area contributed by atoms with Crippen LogP contribution in [0.2, 0.25) is 0 Å². The van der Waals surface area contributed by atoms with Gasteiger partial charge in [0.25, 0.3) is 5.56 Å². The number of fused-ring (bicyclic) bond motifs is 1. The van der Waals surface area contributed by atoms with Crippen LogP contribution in [0.4, 0.5) is 0 Å². The highest BCUT2D eigenvalue weighted by Gasteiger charge is 2.25. The van der Waals surface area contributed by atoms with Crippen LogP contribution in [0.5, 0.6) is 0 Å². The van der Waals surface area contributed by atoms with Crippen molar-refractivity contribution in [1.29, 1.82) is 0 Å². The molecule has 20 heavy (non-hydrogen) atoms. The van der Waals surface area contributed by atoms with Gasteiger partial charge in [0.15, 0.2) is 0 Å². The van der Waals surface area contributed by atoms with Gasteiger partial charge in [0.2, 0.25) is 5.91 Å². The summed E-state index contributed by atoms with van der Waals surface area (Å²) in [5.74, 6) is 0.00156. The van der Waals surface area contributed by atoms with Gasteiger partial charge in [-0.3, -0.25) is 14.2 Å². The third-order valence-electron chi connectivity index (χ3n) is 3.88. The number of hydrogen-bond donors (Lipinski definition) is 0. The van der Waals surface area contributed by atoms with Crippen LogP contribution in [-0.4, -0.2) is 33.4 Å². The molecule has 0 radical (unpaired) electrons. The van der Waals surface area contributed by atoms with E-state index in [-0.39, 0.29) is 11.5 Å². The lowest BCUT2D eigenvalue weighted by Crippen LogP contribution is -2.37. The first kappa shape index (κ1) is 12.8. The molecule has 1 aliphatic rings. The Morgan fingerprint density at radius 2 is 1.95 bits per heavy atom. The smallest absolute Gasteiger partial charge is 0.261 e. The molecule has 5 heteroatoms. The van der Waals surface area contributed by atoms with Crippen LogP contribution < -0.4 is 5.56 Å². The van der Waals surface area contributed by atoms with E-state index in [9.17, 15) is 9.59 Å². The normalized spacial score (nSPS) is 16.6. The summed E-state index contributed by atoms with van der Waals surface area (Å²) in [7, 11) is 0. The molecule has 0 spiro atoms. The third-order valence-corrected chi connectivity index (χ3v) is 3.88. The second-order valence-electron chi connectivity index (χ2n) is 5.18. The van der Waals surface area contributed by atoms with Crippen LogP contribution in [0.3, 0.4) is 0 Å². The SMILES string of the molecule is C[C@@H](C(=O)N1CCCC1)n1cnc2ccccc2c1=O. The summed E-state index contributed by atoms with van der Waals surface area (Å²) in [6.45, 7) is 3.34. The van der Waals surface area contributed by atoms with Crippen LogP contribution in [0, 0.1) is 0 Å². The van der Waals surface area contributed by atoms with Gasteiger partial charge in [-0.05, 0) is 31.9 Å². The lowest BCUT2D eigenvalue weighted by atomic mass is 10.2. The highest BCUT2D eigenvalue weighted by molar-refractivity contribution is 5.81. The van der Waals surface area contributed by atoms with E-state index >= 15 is 0 Å². The molecule has 1 aromatic carbocycles. The highest BCUT2D eigenvalue weighted by Crippen LogP contribution is 2.15. The quantitative estimate of drug-likeness (QED) is 0.833. The average molecular weight is 271 g/mol. The predicted molar refractivity (Wildman–Crippen MR) is 76.5 cm³/mol. The minimum absolute atomic E-state index is 0.00156. The second kappa shape index (κ2) is 5.07. The second-order valence-corrected chi connectivity index (χ2v) is 5.18. The van der Waals surface area contributed by atoms with E-state index in [0.29, 0.717) is 10.9 Å². The number of aromatic nitrogens is 2. The molecule has 0 N–H and O–H groups in total. The molecule has 3 rings (SSSR count). The average Bonchev–Trinajstić information content (AvgIpc) is 3.01. The molecule has 1 fully saturated rings.